The summed E-state index contributed by atoms with van der Waals surface area (Å²) in [6.45, 7) is 3.32. The van der Waals surface area contributed by atoms with Crippen LogP contribution in [0.4, 0.5) is 0 Å². The van der Waals surface area contributed by atoms with Gasteiger partial charge in [-0.3, -0.25) is 4.79 Å². The molecule has 8 N–H and O–H groups in total. The van der Waals surface area contributed by atoms with E-state index in [1.165, 1.54) is 193 Å². The van der Waals surface area contributed by atoms with E-state index in [9.17, 15) is 40.5 Å². The number of amides is 1. The molecule has 398 valence electrons. The van der Waals surface area contributed by atoms with Crippen molar-refractivity contribution in [3.05, 3.63) is 12.2 Å². The Hall–Kier alpha value is -1.15. The lowest BCUT2D eigenvalue weighted by molar-refractivity contribution is -0.303. The van der Waals surface area contributed by atoms with Crippen LogP contribution < -0.4 is 5.32 Å². The van der Waals surface area contributed by atoms with Gasteiger partial charge in [-0.2, -0.15) is 0 Å². The average molecular weight is 956 g/mol. The minimum Gasteiger partial charge on any atom is -0.394 e. The summed E-state index contributed by atoms with van der Waals surface area (Å²) >= 11 is 0. The van der Waals surface area contributed by atoms with Crippen LogP contribution in [0.5, 0.6) is 0 Å². The maximum absolute atomic E-state index is 13.1. The predicted molar refractivity (Wildman–Crippen MR) is 275 cm³/mol. The normalized spacial score (nSPS) is 20.6. The van der Waals surface area contributed by atoms with Gasteiger partial charge in [0.15, 0.2) is 6.29 Å². The summed E-state index contributed by atoms with van der Waals surface area (Å²) < 4.78 is 11.0. The van der Waals surface area contributed by atoms with Gasteiger partial charge < -0.3 is 50.5 Å². The fraction of sp³-hybridized carbons (Fsp3) is 0.946. The van der Waals surface area contributed by atoms with Crippen molar-refractivity contribution in [1.82, 2.24) is 5.32 Å². The van der Waals surface area contributed by atoms with Crippen LogP contribution in [-0.2, 0) is 14.3 Å². The smallest absolute Gasteiger partial charge is 0.249 e. The molecule has 0 saturated carbocycles. The Morgan fingerprint density at radius 2 is 0.896 bits per heavy atom. The molecule has 0 bridgehead atoms. The molecule has 9 unspecified atom stereocenters. The number of unbranched alkanes of at least 4 members (excludes halogenated alkanes) is 35. The first-order chi connectivity index (χ1) is 32.7. The highest BCUT2D eigenvalue weighted by Crippen LogP contribution is 2.23. The quantitative estimate of drug-likeness (QED) is 0.0215. The van der Waals surface area contributed by atoms with E-state index >= 15 is 0 Å². The van der Waals surface area contributed by atoms with Crippen molar-refractivity contribution in [3.8, 4) is 0 Å². The molecule has 1 fully saturated rings. The third kappa shape index (κ3) is 34.8. The molecule has 0 aliphatic carbocycles. The Morgan fingerprint density at radius 1 is 0.507 bits per heavy atom. The number of carbonyl (C=O) groups is 1. The van der Waals surface area contributed by atoms with E-state index < -0.39 is 74.2 Å². The summed E-state index contributed by atoms with van der Waals surface area (Å²) in [6.07, 6.45) is 42.3. The molecule has 1 rings (SSSR count). The van der Waals surface area contributed by atoms with Crippen molar-refractivity contribution in [2.75, 3.05) is 13.2 Å². The second-order valence-electron chi connectivity index (χ2n) is 20.4. The number of carbonyl (C=O) groups excluding carboxylic acids is 1. The standard InChI is InChI=1S/C56H109NO10/c1-3-5-7-9-11-12-13-14-15-16-17-18-19-20-21-22-23-24-25-26-27-28-29-30-31-32-33-34-35-36-37-38-40-42-44-49(60)55(65)57-47(51(61)48(59)43-41-39-10-8-6-4-2)46-66-56-54(64)53(63)52(62)50(45-58)67-56/h8,10,47-54,56,58-64H,3-7,9,11-46H2,1-2H3,(H,57,65)/b10-8+. The minimum atomic E-state index is -1.66. The van der Waals surface area contributed by atoms with Crippen molar-refractivity contribution in [3.63, 3.8) is 0 Å². The largest absolute Gasteiger partial charge is 0.394 e. The third-order valence-electron chi connectivity index (χ3n) is 14.0. The van der Waals surface area contributed by atoms with E-state index in [0.717, 1.165) is 38.5 Å². The van der Waals surface area contributed by atoms with Crippen molar-refractivity contribution in [1.29, 1.82) is 0 Å². The molecule has 0 aromatic rings. The molecule has 1 aliphatic rings. The fourth-order valence-corrected chi connectivity index (χ4v) is 9.39. The summed E-state index contributed by atoms with van der Waals surface area (Å²) in [5.74, 6) is -0.706. The maximum atomic E-state index is 13.1. The molecule has 11 nitrogen and oxygen atoms in total. The van der Waals surface area contributed by atoms with E-state index in [4.69, 9.17) is 9.47 Å². The second kappa shape index (κ2) is 46.0. The molecule has 0 spiro atoms. The Bertz CT molecular complexity index is 1100. The first-order valence-corrected chi connectivity index (χ1v) is 28.6. The lowest BCUT2D eigenvalue weighted by Gasteiger charge is -2.40. The molecule has 1 aliphatic heterocycles. The first-order valence-electron chi connectivity index (χ1n) is 28.6. The highest BCUT2D eigenvalue weighted by atomic mass is 16.7. The van der Waals surface area contributed by atoms with Crippen molar-refractivity contribution >= 4 is 5.91 Å². The zero-order chi connectivity index (χ0) is 49.0. The van der Waals surface area contributed by atoms with Crippen molar-refractivity contribution < 1.29 is 50.0 Å². The molecule has 0 aromatic carbocycles. The van der Waals surface area contributed by atoms with Crippen LogP contribution in [0.3, 0.4) is 0 Å². The topological polar surface area (TPSA) is 189 Å². The predicted octanol–water partition coefficient (Wildman–Crippen LogP) is 11.6. The number of rotatable bonds is 49. The van der Waals surface area contributed by atoms with E-state index in [2.05, 4.69) is 25.2 Å². The lowest BCUT2D eigenvalue weighted by Crippen LogP contribution is -2.60. The summed E-state index contributed by atoms with van der Waals surface area (Å²) in [5.41, 5.74) is 0. The van der Waals surface area contributed by atoms with Gasteiger partial charge >= 0.3 is 0 Å². The Kier molecular flexibility index (Phi) is 43.8. The highest BCUT2D eigenvalue weighted by Gasteiger charge is 2.44. The molecule has 9 atom stereocenters. The number of hydrogen-bond acceptors (Lipinski definition) is 10. The molecular weight excluding hydrogens is 847 g/mol. The summed E-state index contributed by atoms with van der Waals surface area (Å²) in [6, 6.07) is -1.18. The third-order valence-corrected chi connectivity index (χ3v) is 14.0. The molecule has 0 radical (unpaired) electrons. The summed E-state index contributed by atoms with van der Waals surface area (Å²) in [7, 11) is 0. The van der Waals surface area contributed by atoms with Gasteiger partial charge in [0, 0.05) is 0 Å². The van der Waals surface area contributed by atoms with Gasteiger partial charge in [0.1, 0.15) is 36.6 Å². The van der Waals surface area contributed by atoms with Crippen molar-refractivity contribution in [2.45, 2.75) is 326 Å². The number of aliphatic hydroxyl groups excluding tert-OH is 7. The molecule has 1 heterocycles. The summed E-state index contributed by atoms with van der Waals surface area (Å²) in [5, 5.41) is 75.3. The van der Waals surface area contributed by atoms with Crippen LogP contribution in [0.15, 0.2) is 12.2 Å². The van der Waals surface area contributed by atoms with Gasteiger partial charge in [0.25, 0.3) is 0 Å². The Labute approximate surface area is 411 Å². The zero-order valence-electron chi connectivity index (χ0n) is 43.4. The first kappa shape index (κ1) is 63.9. The summed E-state index contributed by atoms with van der Waals surface area (Å²) in [4.78, 5) is 13.1. The van der Waals surface area contributed by atoms with Crippen LogP contribution in [-0.4, -0.2) is 110 Å². The molecule has 67 heavy (non-hydrogen) atoms. The fourth-order valence-electron chi connectivity index (χ4n) is 9.39. The number of hydrogen-bond donors (Lipinski definition) is 8. The van der Waals surface area contributed by atoms with Gasteiger partial charge in [-0.25, -0.2) is 0 Å². The monoisotopic (exact) mass is 956 g/mol. The van der Waals surface area contributed by atoms with Crippen LogP contribution in [0, 0.1) is 0 Å². The maximum Gasteiger partial charge on any atom is 0.249 e. The number of allylic oxidation sites excluding steroid dienone is 2. The van der Waals surface area contributed by atoms with Gasteiger partial charge in [-0.05, 0) is 32.1 Å². The van der Waals surface area contributed by atoms with Gasteiger partial charge in [0.2, 0.25) is 5.91 Å². The van der Waals surface area contributed by atoms with E-state index in [-0.39, 0.29) is 12.8 Å². The highest BCUT2D eigenvalue weighted by molar-refractivity contribution is 5.80. The van der Waals surface area contributed by atoms with Crippen LogP contribution in [0.25, 0.3) is 0 Å². The Balaban J connectivity index is 2.06. The molecule has 1 saturated heterocycles. The van der Waals surface area contributed by atoms with Crippen molar-refractivity contribution in [2.24, 2.45) is 0 Å². The molecule has 0 aromatic heterocycles. The minimum absolute atomic E-state index is 0.256. The van der Waals surface area contributed by atoms with Crippen LogP contribution >= 0.6 is 0 Å². The van der Waals surface area contributed by atoms with Crippen LogP contribution in [0.2, 0.25) is 0 Å². The lowest BCUT2D eigenvalue weighted by atomic mass is 9.98. The molecule has 1 amide bonds. The Morgan fingerprint density at radius 3 is 1.28 bits per heavy atom. The zero-order valence-corrected chi connectivity index (χ0v) is 43.4. The SMILES string of the molecule is CCC/C=C/CCCC(O)C(O)C(COC1OC(CO)C(O)C(O)C1O)NC(=O)C(O)CCCCCCCCCCCCCCCCCCCCCCCCCCCCCCCCCCCC. The second-order valence-corrected chi connectivity index (χ2v) is 20.4. The number of ether oxygens (including phenoxy) is 2. The average Bonchev–Trinajstić information content (AvgIpc) is 3.33. The van der Waals surface area contributed by atoms with E-state index in [0.29, 0.717) is 12.8 Å². The molecular formula is C56H109NO10. The molecule has 11 heteroatoms. The van der Waals surface area contributed by atoms with E-state index in [1.54, 1.807) is 0 Å². The number of nitrogens with one attached hydrogen (secondary N) is 1. The van der Waals surface area contributed by atoms with E-state index in [1.807, 2.05) is 6.08 Å². The van der Waals surface area contributed by atoms with Gasteiger partial charge in [-0.1, -0.05) is 251 Å². The number of aliphatic hydroxyl groups is 7. The van der Waals surface area contributed by atoms with Gasteiger partial charge in [-0.15, -0.1) is 0 Å². The van der Waals surface area contributed by atoms with Crippen LogP contribution in [0.1, 0.15) is 271 Å². The van der Waals surface area contributed by atoms with Gasteiger partial charge in [0.05, 0.1) is 25.4 Å².